The van der Waals surface area contributed by atoms with Gasteiger partial charge in [-0.1, -0.05) is 6.07 Å². The van der Waals surface area contributed by atoms with Crippen molar-refractivity contribution in [1.29, 1.82) is 0 Å². The Morgan fingerprint density at radius 1 is 1.22 bits per heavy atom. The van der Waals surface area contributed by atoms with E-state index in [1.165, 1.54) is 10.4 Å². The lowest BCUT2D eigenvalue weighted by Gasteiger charge is -2.22. The van der Waals surface area contributed by atoms with E-state index in [1.807, 2.05) is 0 Å². The predicted molar refractivity (Wildman–Crippen MR) is 97.0 cm³/mol. The van der Waals surface area contributed by atoms with Gasteiger partial charge in [0, 0.05) is 25.5 Å². The molecule has 1 aliphatic heterocycles. The number of nitrogens with zero attached hydrogens (tertiary/aromatic N) is 2. The first-order valence-corrected chi connectivity index (χ1v) is 10.4. The summed E-state index contributed by atoms with van der Waals surface area (Å²) in [7, 11) is -3.69. The standard InChI is InChI=1S/C16H18N4O5S2/c21-15(18-10-12-3-5-17-6-4-12)16(22)19-11-13-20(7-8-25-13)27(23,24)14-2-1-9-26-14/h1-6,9,13H,7-8,10-11H2,(H,18,21)(H,19,22). The molecular formula is C16H18N4O5S2. The van der Waals surface area contributed by atoms with Crippen LogP contribution in [0.15, 0.2) is 46.2 Å². The molecule has 2 N–H and O–H groups in total. The average molecular weight is 410 g/mol. The van der Waals surface area contributed by atoms with Crippen molar-refractivity contribution in [1.82, 2.24) is 19.9 Å². The third-order valence-electron chi connectivity index (χ3n) is 3.85. The van der Waals surface area contributed by atoms with Gasteiger partial charge in [0.25, 0.3) is 10.0 Å². The topological polar surface area (TPSA) is 118 Å². The van der Waals surface area contributed by atoms with Gasteiger partial charge in [-0.2, -0.15) is 4.31 Å². The molecule has 27 heavy (non-hydrogen) atoms. The lowest BCUT2D eigenvalue weighted by atomic mass is 10.3. The van der Waals surface area contributed by atoms with E-state index < -0.39 is 28.1 Å². The number of carbonyl (C=O) groups excluding carboxylic acids is 2. The maximum atomic E-state index is 12.6. The lowest BCUT2D eigenvalue weighted by Crippen LogP contribution is -2.47. The monoisotopic (exact) mass is 410 g/mol. The van der Waals surface area contributed by atoms with Crippen LogP contribution in [0.2, 0.25) is 0 Å². The van der Waals surface area contributed by atoms with Gasteiger partial charge < -0.3 is 15.4 Å². The number of aromatic nitrogens is 1. The maximum Gasteiger partial charge on any atom is 0.309 e. The second kappa shape index (κ2) is 8.57. The number of thiophene rings is 1. The number of nitrogens with one attached hydrogen (secondary N) is 2. The molecule has 1 fully saturated rings. The van der Waals surface area contributed by atoms with Crippen LogP contribution in [0.4, 0.5) is 0 Å². The molecule has 9 nitrogen and oxygen atoms in total. The molecule has 2 amide bonds. The highest BCUT2D eigenvalue weighted by atomic mass is 32.2. The fourth-order valence-electron chi connectivity index (χ4n) is 2.49. The van der Waals surface area contributed by atoms with Crippen molar-refractivity contribution in [3.8, 4) is 0 Å². The van der Waals surface area contributed by atoms with Gasteiger partial charge in [0.1, 0.15) is 10.4 Å². The van der Waals surface area contributed by atoms with E-state index in [2.05, 4.69) is 15.6 Å². The van der Waals surface area contributed by atoms with Crippen LogP contribution >= 0.6 is 11.3 Å². The Morgan fingerprint density at radius 3 is 2.67 bits per heavy atom. The predicted octanol–water partition coefficient (Wildman–Crippen LogP) is -0.0773. The summed E-state index contributed by atoms with van der Waals surface area (Å²) < 4.78 is 32.0. The number of rotatable bonds is 6. The third-order valence-corrected chi connectivity index (χ3v) is 7.11. The zero-order chi connectivity index (χ0) is 19.3. The summed E-state index contributed by atoms with van der Waals surface area (Å²) in [5.74, 6) is -1.66. The van der Waals surface area contributed by atoms with Crippen LogP contribution in [0.3, 0.4) is 0 Å². The quantitative estimate of drug-likeness (QED) is 0.644. The number of hydrogen-bond donors (Lipinski definition) is 2. The van der Waals surface area contributed by atoms with E-state index in [1.54, 1.807) is 36.0 Å². The molecule has 1 unspecified atom stereocenters. The van der Waals surface area contributed by atoms with Crippen molar-refractivity contribution in [3.63, 3.8) is 0 Å². The second-order valence-corrected chi connectivity index (χ2v) is 8.69. The highest BCUT2D eigenvalue weighted by Crippen LogP contribution is 2.25. The van der Waals surface area contributed by atoms with Gasteiger partial charge in [-0.15, -0.1) is 11.3 Å². The molecule has 2 aromatic rings. The molecule has 11 heteroatoms. The van der Waals surface area contributed by atoms with Gasteiger partial charge in [-0.25, -0.2) is 8.42 Å². The van der Waals surface area contributed by atoms with Crippen LogP contribution in [0.25, 0.3) is 0 Å². The molecule has 1 atom stereocenters. The minimum atomic E-state index is -3.69. The molecule has 3 heterocycles. The Labute approximate surface area is 160 Å². The number of ether oxygens (including phenoxy) is 1. The summed E-state index contributed by atoms with van der Waals surface area (Å²) in [5, 5.41) is 6.58. The minimum absolute atomic E-state index is 0.119. The van der Waals surface area contributed by atoms with E-state index >= 15 is 0 Å². The lowest BCUT2D eigenvalue weighted by molar-refractivity contribution is -0.139. The van der Waals surface area contributed by atoms with Crippen molar-refractivity contribution in [2.45, 2.75) is 17.0 Å². The van der Waals surface area contributed by atoms with Crippen LogP contribution in [0.5, 0.6) is 0 Å². The molecule has 0 aromatic carbocycles. The van der Waals surface area contributed by atoms with E-state index in [9.17, 15) is 18.0 Å². The van der Waals surface area contributed by atoms with E-state index in [4.69, 9.17) is 4.74 Å². The van der Waals surface area contributed by atoms with Gasteiger partial charge in [0.2, 0.25) is 0 Å². The molecule has 0 radical (unpaired) electrons. The zero-order valence-electron chi connectivity index (χ0n) is 14.2. The van der Waals surface area contributed by atoms with Crippen LogP contribution < -0.4 is 10.6 Å². The van der Waals surface area contributed by atoms with Crippen LogP contribution in [-0.2, 0) is 30.9 Å². The molecule has 0 spiro atoms. The Balaban J connectivity index is 1.52. The van der Waals surface area contributed by atoms with Gasteiger partial charge >= 0.3 is 11.8 Å². The largest absolute Gasteiger partial charge is 0.359 e. The molecule has 0 aliphatic carbocycles. The third kappa shape index (κ3) is 4.69. The minimum Gasteiger partial charge on any atom is -0.359 e. The van der Waals surface area contributed by atoms with E-state index in [0.29, 0.717) is 0 Å². The van der Waals surface area contributed by atoms with E-state index in [-0.39, 0.29) is 30.5 Å². The first-order valence-electron chi connectivity index (χ1n) is 8.10. The summed E-state index contributed by atoms with van der Waals surface area (Å²) >= 11 is 1.11. The Hall–Kier alpha value is -2.34. The molecule has 0 saturated carbocycles. The van der Waals surface area contributed by atoms with Crippen molar-refractivity contribution in [2.24, 2.45) is 0 Å². The summed E-state index contributed by atoms with van der Waals surface area (Å²) in [4.78, 5) is 27.7. The van der Waals surface area contributed by atoms with Gasteiger partial charge in [0.15, 0.2) is 0 Å². The summed E-state index contributed by atoms with van der Waals surface area (Å²) in [6.45, 7) is 0.480. The molecular weight excluding hydrogens is 392 g/mol. The number of hydrogen-bond acceptors (Lipinski definition) is 7. The summed E-state index contributed by atoms with van der Waals surface area (Å²) in [6.07, 6.45) is 2.32. The average Bonchev–Trinajstić information content (AvgIpc) is 3.37. The van der Waals surface area contributed by atoms with Crippen molar-refractivity contribution < 1.29 is 22.7 Å². The van der Waals surface area contributed by atoms with Gasteiger partial charge in [-0.3, -0.25) is 14.6 Å². The van der Waals surface area contributed by atoms with Gasteiger partial charge in [0.05, 0.1) is 13.2 Å². The van der Waals surface area contributed by atoms with Crippen molar-refractivity contribution >= 4 is 33.2 Å². The van der Waals surface area contributed by atoms with Crippen LogP contribution in [0, 0.1) is 0 Å². The fraction of sp³-hybridized carbons (Fsp3) is 0.312. The van der Waals surface area contributed by atoms with Crippen LogP contribution in [-0.4, -0.2) is 55.4 Å². The SMILES string of the molecule is O=C(NCc1ccncc1)C(=O)NCC1OCCN1S(=O)(=O)c1cccs1. The van der Waals surface area contributed by atoms with Crippen molar-refractivity contribution in [3.05, 3.63) is 47.6 Å². The molecule has 2 aromatic heterocycles. The highest BCUT2D eigenvalue weighted by molar-refractivity contribution is 7.91. The molecule has 3 rings (SSSR count). The Bertz CT molecular complexity index is 887. The molecule has 1 aliphatic rings. The Kier molecular flexibility index (Phi) is 6.16. The number of sulfonamides is 1. The highest BCUT2D eigenvalue weighted by Gasteiger charge is 2.37. The first kappa shape index (κ1) is 19.4. The summed E-state index contributed by atoms with van der Waals surface area (Å²) in [6, 6.07) is 6.61. The molecule has 0 bridgehead atoms. The number of pyridine rings is 1. The zero-order valence-corrected chi connectivity index (χ0v) is 15.8. The summed E-state index contributed by atoms with van der Waals surface area (Å²) in [5.41, 5.74) is 0.804. The number of carbonyl (C=O) groups is 2. The second-order valence-electron chi connectivity index (χ2n) is 5.62. The Morgan fingerprint density at radius 2 is 1.96 bits per heavy atom. The van der Waals surface area contributed by atoms with Crippen LogP contribution in [0.1, 0.15) is 5.56 Å². The molecule has 1 saturated heterocycles. The number of amides is 2. The van der Waals surface area contributed by atoms with E-state index in [0.717, 1.165) is 16.9 Å². The fourth-order valence-corrected chi connectivity index (χ4v) is 5.12. The molecule has 144 valence electrons. The van der Waals surface area contributed by atoms with Gasteiger partial charge in [-0.05, 0) is 29.1 Å². The van der Waals surface area contributed by atoms with Crippen molar-refractivity contribution in [2.75, 3.05) is 19.7 Å². The first-order chi connectivity index (χ1) is 13.0. The normalized spacial score (nSPS) is 17.6. The smallest absolute Gasteiger partial charge is 0.309 e. The maximum absolute atomic E-state index is 12.6.